The van der Waals surface area contributed by atoms with E-state index in [0.717, 1.165) is 17.5 Å². The van der Waals surface area contributed by atoms with Crippen molar-refractivity contribution in [2.24, 2.45) is 5.92 Å². The minimum absolute atomic E-state index is 0.000707. The molecule has 0 bridgehead atoms. The van der Waals surface area contributed by atoms with Crippen molar-refractivity contribution in [2.45, 2.75) is 44.6 Å². The third-order valence-electron chi connectivity index (χ3n) is 6.50. The van der Waals surface area contributed by atoms with E-state index in [9.17, 15) is 14.4 Å². The Morgan fingerprint density at radius 1 is 1.06 bits per heavy atom. The second-order valence-corrected chi connectivity index (χ2v) is 9.03. The molecule has 1 saturated heterocycles. The standard InChI is InChI=1S/C26H30N2O5/c1-17(13-24(29)28-14-18(15-28)7-6-12-25(30)31)27-26(32)33-16-23-21-10-4-2-8-19(21)20-9-3-5-11-22(20)23/h2-5,8-11,17-18,23H,6-7,12-16H2,1H3,(H,27,32)(H,30,31)/t17-/m1/s1. The zero-order valence-corrected chi connectivity index (χ0v) is 18.8. The van der Waals surface area contributed by atoms with E-state index in [1.54, 1.807) is 11.8 Å². The van der Waals surface area contributed by atoms with Gasteiger partial charge in [0.1, 0.15) is 6.61 Å². The molecule has 2 aromatic carbocycles. The largest absolute Gasteiger partial charge is 0.481 e. The van der Waals surface area contributed by atoms with E-state index in [0.29, 0.717) is 25.4 Å². The number of benzene rings is 2. The number of carbonyl (C=O) groups is 3. The van der Waals surface area contributed by atoms with Gasteiger partial charge in [-0.25, -0.2) is 4.79 Å². The van der Waals surface area contributed by atoms with E-state index in [1.807, 2.05) is 24.3 Å². The highest BCUT2D eigenvalue weighted by atomic mass is 16.5. The molecule has 1 heterocycles. The smallest absolute Gasteiger partial charge is 0.407 e. The molecule has 7 nitrogen and oxygen atoms in total. The molecule has 1 fully saturated rings. The second-order valence-electron chi connectivity index (χ2n) is 9.03. The van der Waals surface area contributed by atoms with Crippen molar-refractivity contribution in [2.75, 3.05) is 19.7 Å². The molecule has 0 aromatic heterocycles. The summed E-state index contributed by atoms with van der Waals surface area (Å²) in [5.74, 6) is -0.413. The van der Waals surface area contributed by atoms with Crippen LogP contribution in [0, 0.1) is 5.92 Å². The van der Waals surface area contributed by atoms with Crippen LogP contribution < -0.4 is 5.32 Å². The lowest BCUT2D eigenvalue weighted by Crippen LogP contribution is -2.51. The molecule has 0 radical (unpaired) electrons. The summed E-state index contributed by atoms with van der Waals surface area (Å²) in [7, 11) is 0. The first kappa shape index (κ1) is 22.8. The van der Waals surface area contributed by atoms with E-state index in [4.69, 9.17) is 9.84 Å². The monoisotopic (exact) mass is 450 g/mol. The van der Waals surface area contributed by atoms with Crippen molar-refractivity contribution >= 4 is 18.0 Å². The van der Waals surface area contributed by atoms with E-state index < -0.39 is 12.1 Å². The van der Waals surface area contributed by atoms with Crippen molar-refractivity contribution in [3.8, 4) is 11.1 Å². The molecular weight excluding hydrogens is 420 g/mol. The molecule has 2 aliphatic rings. The quantitative estimate of drug-likeness (QED) is 0.602. The Kier molecular flexibility index (Phi) is 6.96. The molecule has 0 spiro atoms. The number of carboxylic acids is 1. The number of alkyl carbamates (subject to hydrolysis) is 1. The summed E-state index contributed by atoms with van der Waals surface area (Å²) in [6, 6.07) is 16.0. The number of ether oxygens (including phenoxy) is 1. The second kappa shape index (κ2) is 10.1. The minimum Gasteiger partial charge on any atom is -0.481 e. The van der Waals surface area contributed by atoms with Crippen LogP contribution in [0.15, 0.2) is 48.5 Å². The van der Waals surface area contributed by atoms with Crippen LogP contribution >= 0.6 is 0 Å². The first-order valence-corrected chi connectivity index (χ1v) is 11.5. The summed E-state index contributed by atoms with van der Waals surface area (Å²) in [4.78, 5) is 37.2. The van der Waals surface area contributed by atoms with Crippen LogP contribution in [0.25, 0.3) is 11.1 Å². The maximum absolute atomic E-state index is 12.4. The van der Waals surface area contributed by atoms with Crippen LogP contribution in [0.4, 0.5) is 4.79 Å². The summed E-state index contributed by atoms with van der Waals surface area (Å²) < 4.78 is 5.55. The van der Waals surface area contributed by atoms with Gasteiger partial charge in [-0.15, -0.1) is 0 Å². The van der Waals surface area contributed by atoms with Crippen molar-refractivity contribution in [3.63, 3.8) is 0 Å². The Hall–Kier alpha value is -3.35. The number of carboxylic acid groups (broad SMARTS) is 1. The molecule has 1 aliphatic carbocycles. The zero-order chi connectivity index (χ0) is 23.4. The van der Waals surface area contributed by atoms with Crippen LogP contribution in [0.1, 0.15) is 49.7 Å². The molecule has 2 aromatic rings. The van der Waals surface area contributed by atoms with Crippen LogP contribution in [0.2, 0.25) is 0 Å². The molecular formula is C26H30N2O5. The average Bonchev–Trinajstić information content (AvgIpc) is 3.07. The summed E-state index contributed by atoms with van der Waals surface area (Å²) in [5.41, 5.74) is 4.67. The number of amides is 2. The number of rotatable bonds is 9. The third-order valence-corrected chi connectivity index (χ3v) is 6.50. The van der Waals surface area contributed by atoms with Gasteiger partial charge in [-0.05, 0) is 47.9 Å². The fourth-order valence-electron chi connectivity index (χ4n) is 4.78. The van der Waals surface area contributed by atoms with Gasteiger partial charge in [0, 0.05) is 37.9 Å². The molecule has 7 heteroatoms. The molecule has 1 atom stereocenters. The molecule has 4 rings (SSSR count). The predicted molar refractivity (Wildman–Crippen MR) is 124 cm³/mol. The molecule has 2 amide bonds. The Morgan fingerprint density at radius 2 is 1.67 bits per heavy atom. The highest BCUT2D eigenvalue weighted by Gasteiger charge is 2.32. The van der Waals surface area contributed by atoms with E-state index in [1.165, 1.54) is 11.1 Å². The maximum atomic E-state index is 12.4. The van der Waals surface area contributed by atoms with E-state index in [-0.39, 0.29) is 37.3 Å². The number of hydrogen-bond acceptors (Lipinski definition) is 4. The number of aliphatic carboxylic acids is 1. The van der Waals surface area contributed by atoms with Crippen molar-refractivity contribution < 1.29 is 24.2 Å². The average molecular weight is 451 g/mol. The summed E-state index contributed by atoms with van der Waals surface area (Å²) >= 11 is 0. The highest BCUT2D eigenvalue weighted by molar-refractivity contribution is 5.80. The van der Waals surface area contributed by atoms with Crippen molar-refractivity contribution in [1.29, 1.82) is 0 Å². The molecule has 0 saturated carbocycles. The maximum Gasteiger partial charge on any atom is 0.407 e. The lowest BCUT2D eigenvalue weighted by atomic mass is 9.93. The van der Waals surface area contributed by atoms with Gasteiger partial charge in [0.2, 0.25) is 5.91 Å². The fourth-order valence-corrected chi connectivity index (χ4v) is 4.78. The molecule has 2 N–H and O–H groups in total. The number of hydrogen-bond donors (Lipinski definition) is 2. The van der Waals surface area contributed by atoms with E-state index in [2.05, 4.69) is 29.6 Å². The number of nitrogens with one attached hydrogen (secondary N) is 1. The SMILES string of the molecule is C[C@H](CC(=O)N1CC(CCCC(=O)O)C1)NC(=O)OCC1c2ccccc2-c2ccccc21. The topological polar surface area (TPSA) is 95.9 Å². The Labute approximate surface area is 193 Å². The number of nitrogens with zero attached hydrogens (tertiary/aromatic N) is 1. The molecule has 174 valence electrons. The van der Waals surface area contributed by atoms with Gasteiger partial charge in [0.15, 0.2) is 0 Å². The number of likely N-dealkylation sites (tertiary alicyclic amines) is 1. The number of fused-ring (bicyclic) bond motifs is 3. The fraction of sp³-hybridized carbons (Fsp3) is 0.423. The Bertz CT molecular complexity index is 985. The zero-order valence-electron chi connectivity index (χ0n) is 18.8. The molecule has 0 unspecified atom stereocenters. The van der Waals surface area contributed by atoms with Crippen LogP contribution in [0.5, 0.6) is 0 Å². The lowest BCUT2D eigenvalue weighted by Gasteiger charge is -2.40. The highest BCUT2D eigenvalue weighted by Crippen LogP contribution is 2.44. The van der Waals surface area contributed by atoms with Gasteiger partial charge < -0.3 is 20.1 Å². The van der Waals surface area contributed by atoms with Crippen molar-refractivity contribution in [3.05, 3.63) is 59.7 Å². The van der Waals surface area contributed by atoms with Gasteiger partial charge in [-0.2, -0.15) is 0 Å². The Morgan fingerprint density at radius 3 is 2.27 bits per heavy atom. The van der Waals surface area contributed by atoms with Crippen LogP contribution in [-0.4, -0.2) is 53.7 Å². The number of carbonyl (C=O) groups excluding carboxylic acids is 2. The minimum atomic E-state index is -0.782. The Balaban J connectivity index is 1.21. The normalized spacial score (nSPS) is 15.8. The van der Waals surface area contributed by atoms with Crippen LogP contribution in [0.3, 0.4) is 0 Å². The molecule has 33 heavy (non-hydrogen) atoms. The van der Waals surface area contributed by atoms with Gasteiger partial charge in [0.25, 0.3) is 0 Å². The van der Waals surface area contributed by atoms with Crippen molar-refractivity contribution in [1.82, 2.24) is 10.2 Å². The van der Waals surface area contributed by atoms with Gasteiger partial charge in [-0.1, -0.05) is 48.5 Å². The summed E-state index contributed by atoms with van der Waals surface area (Å²) in [5, 5.41) is 11.5. The first-order valence-electron chi connectivity index (χ1n) is 11.5. The first-order chi connectivity index (χ1) is 15.9. The lowest BCUT2D eigenvalue weighted by molar-refractivity contribution is -0.139. The van der Waals surface area contributed by atoms with Gasteiger partial charge in [-0.3, -0.25) is 9.59 Å². The van der Waals surface area contributed by atoms with Gasteiger partial charge in [0.05, 0.1) is 0 Å². The van der Waals surface area contributed by atoms with Crippen LogP contribution in [-0.2, 0) is 14.3 Å². The third kappa shape index (κ3) is 5.35. The molecule has 1 aliphatic heterocycles. The summed E-state index contributed by atoms with van der Waals surface area (Å²) in [6.45, 7) is 3.36. The summed E-state index contributed by atoms with van der Waals surface area (Å²) in [6.07, 6.45) is 1.33. The van der Waals surface area contributed by atoms with Gasteiger partial charge >= 0.3 is 12.1 Å². The predicted octanol–water partition coefficient (Wildman–Crippen LogP) is 4.02. The van der Waals surface area contributed by atoms with E-state index >= 15 is 0 Å².